The number of hydrogen-bond donors (Lipinski definition) is 1. The molecule has 4 nitrogen and oxygen atoms in total. The molecular formula is C14H16N2O2. The van der Waals surface area contributed by atoms with E-state index in [0.717, 1.165) is 29.7 Å². The Morgan fingerprint density at radius 3 is 2.94 bits per heavy atom. The third-order valence-corrected chi connectivity index (χ3v) is 2.58. The van der Waals surface area contributed by atoms with Gasteiger partial charge in [0, 0.05) is 12.0 Å². The number of carbonyl (C=O) groups is 1. The number of aryl methyl sites for hydroxylation is 1. The third-order valence-electron chi connectivity index (χ3n) is 2.58. The van der Waals surface area contributed by atoms with Crippen LogP contribution in [0.1, 0.15) is 19.2 Å². The molecule has 0 aliphatic heterocycles. The van der Waals surface area contributed by atoms with Crippen LogP contribution in [0.5, 0.6) is 0 Å². The smallest absolute Gasteiger partial charge is 0.333 e. The molecule has 0 saturated heterocycles. The zero-order chi connectivity index (χ0) is 13.0. The highest BCUT2D eigenvalue weighted by molar-refractivity contribution is 5.86. The molecule has 0 bridgehead atoms. The van der Waals surface area contributed by atoms with E-state index < -0.39 is 0 Å². The van der Waals surface area contributed by atoms with Crippen LogP contribution >= 0.6 is 0 Å². The van der Waals surface area contributed by atoms with Crippen LogP contribution in [0.2, 0.25) is 0 Å². The predicted octanol–water partition coefficient (Wildman–Crippen LogP) is 2.61. The molecule has 0 fully saturated rings. The number of benzene rings is 1. The number of nitrogens with one attached hydrogen (secondary N) is 1. The van der Waals surface area contributed by atoms with E-state index in [-0.39, 0.29) is 5.97 Å². The molecule has 0 atom stereocenters. The third kappa shape index (κ3) is 2.97. The molecular weight excluding hydrogens is 228 g/mol. The zero-order valence-corrected chi connectivity index (χ0v) is 10.4. The molecule has 2 rings (SSSR count). The summed E-state index contributed by atoms with van der Waals surface area (Å²) in [6, 6.07) is 7.89. The predicted molar refractivity (Wildman–Crippen MR) is 70.2 cm³/mol. The molecule has 18 heavy (non-hydrogen) atoms. The Balaban J connectivity index is 1.83. The summed E-state index contributed by atoms with van der Waals surface area (Å²) in [5.41, 5.74) is 2.43. The Kier molecular flexibility index (Phi) is 3.77. The quantitative estimate of drug-likeness (QED) is 0.499. The van der Waals surface area contributed by atoms with E-state index in [1.165, 1.54) is 0 Å². The minimum absolute atomic E-state index is 0.334. The average Bonchev–Trinajstić information content (AvgIpc) is 2.76. The van der Waals surface area contributed by atoms with Crippen molar-refractivity contribution in [3.05, 3.63) is 42.2 Å². The summed E-state index contributed by atoms with van der Waals surface area (Å²) in [4.78, 5) is 18.8. The lowest BCUT2D eigenvalue weighted by molar-refractivity contribution is -0.139. The first kappa shape index (κ1) is 12.4. The molecule has 4 heteroatoms. The van der Waals surface area contributed by atoms with Crippen molar-refractivity contribution < 1.29 is 9.53 Å². The normalized spacial score (nSPS) is 10.5. The van der Waals surface area contributed by atoms with Crippen LogP contribution in [-0.2, 0) is 16.0 Å². The van der Waals surface area contributed by atoms with Gasteiger partial charge in [0.2, 0.25) is 0 Å². The molecule has 1 N–H and O–H groups in total. The number of para-hydroxylation sites is 2. The molecule has 0 radical (unpaired) electrons. The Bertz CT molecular complexity index is 539. The fraction of sp³-hybridized carbons (Fsp3) is 0.286. The van der Waals surface area contributed by atoms with E-state index >= 15 is 0 Å². The summed E-state index contributed by atoms with van der Waals surface area (Å²) in [5, 5.41) is 0. The van der Waals surface area contributed by atoms with Gasteiger partial charge >= 0.3 is 5.97 Å². The van der Waals surface area contributed by atoms with Crippen LogP contribution in [0.15, 0.2) is 36.4 Å². The largest absolute Gasteiger partial charge is 0.462 e. The van der Waals surface area contributed by atoms with Gasteiger partial charge in [-0.05, 0) is 25.5 Å². The number of H-pyrrole nitrogens is 1. The second kappa shape index (κ2) is 5.49. The van der Waals surface area contributed by atoms with Gasteiger partial charge < -0.3 is 9.72 Å². The highest BCUT2D eigenvalue weighted by atomic mass is 16.5. The maximum atomic E-state index is 11.1. The number of aromatic amines is 1. The van der Waals surface area contributed by atoms with Gasteiger partial charge in [-0.2, -0.15) is 0 Å². The van der Waals surface area contributed by atoms with E-state index in [1.54, 1.807) is 6.92 Å². The lowest BCUT2D eigenvalue weighted by atomic mass is 10.3. The van der Waals surface area contributed by atoms with Gasteiger partial charge in [-0.25, -0.2) is 9.78 Å². The molecule has 0 aliphatic rings. The van der Waals surface area contributed by atoms with Gasteiger partial charge in [0.05, 0.1) is 17.6 Å². The molecule has 2 aromatic rings. The molecule has 0 aliphatic carbocycles. The fourth-order valence-electron chi connectivity index (χ4n) is 1.65. The number of imidazole rings is 1. The highest BCUT2D eigenvalue weighted by Crippen LogP contribution is 2.11. The van der Waals surface area contributed by atoms with E-state index in [2.05, 4.69) is 16.5 Å². The molecule has 0 amide bonds. The molecule has 0 saturated carbocycles. The minimum Gasteiger partial charge on any atom is -0.462 e. The number of carbonyl (C=O) groups excluding carboxylic acids is 1. The molecule has 0 unspecified atom stereocenters. The van der Waals surface area contributed by atoms with E-state index in [9.17, 15) is 4.79 Å². The summed E-state index contributed by atoms with van der Waals surface area (Å²) in [5.74, 6) is 0.585. The first-order chi connectivity index (χ1) is 8.66. The maximum Gasteiger partial charge on any atom is 0.333 e. The number of nitrogens with zero attached hydrogens (tertiary/aromatic N) is 1. The molecule has 94 valence electrons. The number of esters is 1. The molecule has 1 aromatic carbocycles. The van der Waals surface area contributed by atoms with Crippen LogP contribution in [-0.4, -0.2) is 22.5 Å². The van der Waals surface area contributed by atoms with Crippen LogP contribution in [0.3, 0.4) is 0 Å². The van der Waals surface area contributed by atoms with E-state index in [0.29, 0.717) is 12.2 Å². The van der Waals surface area contributed by atoms with Crippen LogP contribution < -0.4 is 0 Å². The minimum atomic E-state index is -0.334. The standard InChI is InChI=1S/C14H16N2O2/c1-10(2)14(17)18-9-5-8-13-15-11-6-3-4-7-12(11)16-13/h3-4,6-7H,1,5,8-9H2,2H3,(H,15,16). The van der Waals surface area contributed by atoms with Crippen molar-refractivity contribution in [3.63, 3.8) is 0 Å². The van der Waals surface area contributed by atoms with Gasteiger partial charge in [0.25, 0.3) is 0 Å². The Morgan fingerprint density at radius 2 is 2.22 bits per heavy atom. The maximum absolute atomic E-state index is 11.1. The van der Waals surface area contributed by atoms with Crippen molar-refractivity contribution in [1.82, 2.24) is 9.97 Å². The second-order valence-corrected chi connectivity index (χ2v) is 4.22. The summed E-state index contributed by atoms with van der Waals surface area (Å²) in [7, 11) is 0. The SMILES string of the molecule is C=C(C)C(=O)OCCCc1nc2ccccc2[nH]1. The topological polar surface area (TPSA) is 55.0 Å². The van der Waals surface area contributed by atoms with Gasteiger partial charge in [-0.3, -0.25) is 0 Å². The number of rotatable bonds is 5. The first-order valence-electron chi connectivity index (χ1n) is 5.93. The van der Waals surface area contributed by atoms with Gasteiger partial charge in [0.1, 0.15) is 5.82 Å². The lowest BCUT2D eigenvalue weighted by Gasteiger charge is -2.02. The zero-order valence-electron chi connectivity index (χ0n) is 10.4. The number of fused-ring (bicyclic) bond motifs is 1. The Morgan fingerprint density at radius 1 is 1.44 bits per heavy atom. The van der Waals surface area contributed by atoms with Gasteiger partial charge in [-0.1, -0.05) is 18.7 Å². The second-order valence-electron chi connectivity index (χ2n) is 4.22. The summed E-state index contributed by atoms with van der Waals surface area (Å²) in [6.07, 6.45) is 1.51. The molecule has 0 spiro atoms. The summed E-state index contributed by atoms with van der Waals surface area (Å²) >= 11 is 0. The van der Waals surface area contributed by atoms with Crippen LogP contribution in [0.25, 0.3) is 11.0 Å². The molecule has 1 heterocycles. The monoisotopic (exact) mass is 244 g/mol. The highest BCUT2D eigenvalue weighted by Gasteiger charge is 2.04. The molecule has 1 aromatic heterocycles. The van der Waals surface area contributed by atoms with Gasteiger partial charge in [-0.15, -0.1) is 0 Å². The fourth-order valence-corrected chi connectivity index (χ4v) is 1.65. The van der Waals surface area contributed by atoms with Crippen LogP contribution in [0, 0.1) is 0 Å². The van der Waals surface area contributed by atoms with Crippen molar-refractivity contribution in [2.24, 2.45) is 0 Å². The average molecular weight is 244 g/mol. The lowest BCUT2D eigenvalue weighted by Crippen LogP contribution is -2.07. The Hall–Kier alpha value is -2.10. The summed E-state index contributed by atoms with van der Waals surface area (Å²) < 4.78 is 5.02. The number of ether oxygens (including phenoxy) is 1. The first-order valence-corrected chi connectivity index (χ1v) is 5.93. The van der Waals surface area contributed by atoms with E-state index in [1.807, 2.05) is 24.3 Å². The van der Waals surface area contributed by atoms with Crippen LogP contribution in [0.4, 0.5) is 0 Å². The van der Waals surface area contributed by atoms with Crippen molar-refractivity contribution in [2.45, 2.75) is 19.8 Å². The van der Waals surface area contributed by atoms with Crippen molar-refractivity contribution in [3.8, 4) is 0 Å². The van der Waals surface area contributed by atoms with Crippen molar-refractivity contribution in [1.29, 1.82) is 0 Å². The Labute approximate surface area is 106 Å². The number of hydrogen-bond acceptors (Lipinski definition) is 3. The van der Waals surface area contributed by atoms with E-state index in [4.69, 9.17) is 4.74 Å². The van der Waals surface area contributed by atoms with Gasteiger partial charge in [0.15, 0.2) is 0 Å². The number of aromatic nitrogens is 2. The summed E-state index contributed by atoms with van der Waals surface area (Å²) in [6.45, 7) is 5.56. The van der Waals surface area contributed by atoms with Crippen molar-refractivity contribution in [2.75, 3.05) is 6.61 Å². The van der Waals surface area contributed by atoms with Crippen molar-refractivity contribution >= 4 is 17.0 Å².